The van der Waals surface area contributed by atoms with Gasteiger partial charge < -0.3 is 10.6 Å². The molecule has 5 heteroatoms. The first-order valence-electron chi connectivity index (χ1n) is 7.82. The van der Waals surface area contributed by atoms with Gasteiger partial charge in [-0.1, -0.05) is 42.5 Å². The van der Waals surface area contributed by atoms with Crippen LogP contribution in [0.2, 0.25) is 0 Å². The number of nitrogens with zero attached hydrogens (tertiary/aromatic N) is 1. The summed E-state index contributed by atoms with van der Waals surface area (Å²) in [4.78, 5) is 16.6. The number of hydrogen-bond acceptors (Lipinski definition) is 4. The molecule has 0 aliphatic carbocycles. The second-order valence-corrected chi connectivity index (χ2v) is 6.20. The lowest BCUT2D eigenvalue weighted by Crippen LogP contribution is -2.25. The molecule has 0 bridgehead atoms. The Morgan fingerprint density at radius 3 is 2.42 bits per heavy atom. The number of carbonyl (C=O) groups excluding carboxylic acids is 1. The third-order valence-electron chi connectivity index (χ3n) is 3.69. The average molecular weight is 337 g/mol. The van der Waals surface area contributed by atoms with E-state index in [0.29, 0.717) is 12.1 Å². The van der Waals surface area contributed by atoms with Crippen LogP contribution in [0.4, 0.5) is 5.13 Å². The fraction of sp³-hybridized carbons (Fsp3) is 0.158. The van der Waals surface area contributed by atoms with Crippen molar-refractivity contribution in [1.29, 1.82) is 0 Å². The first-order valence-corrected chi connectivity index (χ1v) is 8.70. The summed E-state index contributed by atoms with van der Waals surface area (Å²) in [7, 11) is 1.85. The second-order valence-electron chi connectivity index (χ2n) is 5.34. The highest BCUT2D eigenvalue weighted by Crippen LogP contribution is 2.19. The first-order chi connectivity index (χ1) is 11.8. The zero-order chi connectivity index (χ0) is 16.8. The van der Waals surface area contributed by atoms with Crippen molar-refractivity contribution in [2.75, 3.05) is 18.9 Å². The molecule has 0 aliphatic heterocycles. The van der Waals surface area contributed by atoms with E-state index in [-0.39, 0.29) is 5.91 Å². The normalized spacial score (nSPS) is 10.4. The summed E-state index contributed by atoms with van der Waals surface area (Å²) in [5, 5.41) is 8.85. The molecule has 0 saturated heterocycles. The van der Waals surface area contributed by atoms with Crippen LogP contribution in [0.25, 0.3) is 11.1 Å². The van der Waals surface area contributed by atoms with Gasteiger partial charge in [0.15, 0.2) is 5.13 Å². The Morgan fingerprint density at radius 1 is 1.04 bits per heavy atom. The van der Waals surface area contributed by atoms with Crippen molar-refractivity contribution in [3.05, 3.63) is 71.2 Å². The van der Waals surface area contributed by atoms with Crippen molar-refractivity contribution >= 4 is 22.4 Å². The Bertz CT molecular complexity index is 797. The van der Waals surface area contributed by atoms with Crippen LogP contribution < -0.4 is 10.6 Å². The fourth-order valence-electron chi connectivity index (χ4n) is 2.39. The van der Waals surface area contributed by atoms with Crippen LogP contribution >= 0.6 is 11.3 Å². The number of thiazole rings is 1. The summed E-state index contributed by atoms with van der Waals surface area (Å²) in [5.74, 6) is -0.0568. The fourth-order valence-corrected chi connectivity index (χ4v) is 3.09. The summed E-state index contributed by atoms with van der Waals surface area (Å²) < 4.78 is 0. The largest absolute Gasteiger partial charge is 0.365 e. The maximum Gasteiger partial charge on any atom is 0.251 e. The third kappa shape index (κ3) is 4.00. The van der Waals surface area contributed by atoms with Crippen molar-refractivity contribution in [3.63, 3.8) is 0 Å². The summed E-state index contributed by atoms with van der Waals surface area (Å²) in [6, 6.07) is 17.8. The molecule has 2 aromatic carbocycles. The minimum atomic E-state index is -0.0568. The number of nitrogens with one attached hydrogen (secondary N) is 2. The van der Waals surface area contributed by atoms with Gasteiger partial charge in [0.25, 0.3) is 5.91 Å². The number of amides is 1. The van der Waals surface area contributed by atoms with Crippen molar-refractivity contribution in [1.82, 2.24) is 10.3 Å². The van der Waals surface area contributed by atoms with Crippen LogP contribution in [0.1, 0.15) is 16.1 Å². The summed E-state index contributed by atoms with van der Waals surface area (Å²) >= 11 is 1.57. The van der Waals surface area contributed by atoms with E-state index in [1.54, 1.807) is 11.3 Å². The maximum absolute atomic E-state index is 12.2. The van der Waals surface area contributed by atoms with Crippen LogP contribution in [-0.2, 0) is 6.42 Å². The molecule has 1 aromatic heterocycles. The molecular weight excluding hydrogens is 318 g/mol. The Kier molecular flexibility index (Phi) is 5.23. The van der Waals surface area contributed by atoms with Gasteiger partial charge in [0.1, 0.15) is 0 Å². The minimum Gasteiger partial charge on any atom is -0.365 e. The third-order valence-corrected chi connectivity index (χ3v) is 4.60. The Labute approximate surface area is 145 Å². The van der Waals surface area contributed by atoms with E-state index in [9.17, 15) is 4.79 Å². The zero-order valence-corrected chi connectivity index (χ0v) is 14.3. The van der Waals surface area contributed by atoms with Gasteiger partial charge in [0, 0.05) is 31.0 Å². The molecule has 2 N–H and O–H groups in total. The quantitative estimate of drug-likeness (QED) is 0.719. The lowest BCUT2D eigenvalue weighted by atomic mass is 10.0. The van der Waals surface area contributed by atoms with Crippen molar-refractivity contribution < 1.29 is 4.79 Å². The predicted octanol–water partition coefficient (Wildman–Crippen LogP) is 3.82. The van der Waals surface area contributed by atoms with Gasteiger partial charge in [0.05, 0.1) is 5.69 Å². The first kappa shape index (κ1) is 16.2. The van der Waals surface area contributed by atoms with Crippen LogP contribution in [0.15, 0.2) is 60.0 Å². The molecule has 0 fully saturated rings. The van der Waals surface area contributed by atoms with Gasteiger partial charge in [-0.05, 0) is 23.3 Å². The molecule has 3 aromatic rings. The van der Waals surface area contributed by atoms with Gasteiger partial charge in [-0.3, -0.25) is 4.79 Å². The highest BCUT2D eigenvalue weighted by molar-refractivity contribution is 7.13. The number of anilines is 1. The van der Waals surface area contributed by atoms with E-state index < -0.39 is 0 Å². The standard InChI is InChI=1S/C19H19N3OS/c1-20-19-22-17(13-24-19)11-12-21-18(23)16-9-7-15(8-10-16)14-5-3-2-4-6-14/h2-10,13H,11-12H2,1H3,(H,20,22)(H,21,23). The molecule has 0 spiro atoms. The molecule has 122 valence electrons. The van der Waals surface area contributed by atoms with Crippen molar-refractivity contribution in [2.24, 2.45) is 0 Å². The maximum atomic E-state index is 12.2. The lowest BCUT2D eigenvalue weighted by Gasteiger charge is -2.06. The van der Waals surface area contributed by atoms with E-state index in [4.69, 9.17) is 0 Å². The SMILES string of the molecule is CNc1nc(CCNC(=O)c2ccc(-c3ccccc3)cc2)cs1. The molecular formula is C19H19N3OS. The lowest BCUT2D eigenvalue weighted by molar-refractivity contribution is 0.0954. The Hall–Kier alpha value is -2.66. The highest BCUT2D eigenvalue weighted by Gasteiger charge is 2.06. The van der Waals surface area contributed by atoms with Crippen LogP contribution in [0.5, 0.6) is 0 Å². The molecule has 0 saturated carbocycles. The predicted molar refractivity (Wildman–Crippen MR) is 99.6 cm³/mol. The molecule has 0 aliphatic rings. The topological polar surface area (TPSA) is 54.0 Å². The number of carbonyl (C=O) groups is 1. The van der Waals surface area contributed by atoms with Crippen LogP contribution in [-0.4, -0.2) is 24.5 Å². The molecule has 24 heavy (non-hydrogen) atoms. The molecule has 0 radical (unpaired) electrons. The number of aromatic nitrogens is 1. The second kappa shape index (κ2) is 7.75. The highest BCUT2D eigenvalue weighted by atomic mass is 32.1. The minimum absolute atomic E-state index is 0.0568. The summed E-state index contributed by atoms with van der Waals surface area (Å²) in [5.41, 5.74) is 3.91. The van der Waals surface area contributed by atoms with Gasteiger partial charge in [-0.15, -0.1) is 11.3 Å². The van der Waals surface area contributed by atoms with Gasteiger partial charge >= 0.3 is 0 Å². The molecule has 1 amide bonds. The summed E-state index contributed by atoms with van der Waals surface area (Å²) in [6.45, 7) is 0.576. The van der Waals surface area contributed by atoms with Crippen molar-refractivity contribution in [3.8, 4) is 11.1 Å². The van der Waals surface area contributed by atoms with E-state index >= 15 is 0 Å². The van der Waals surface area contributed by atoms with Crippen LogP contribution in [0, 0.1) is 0 Å². The van der Waals surface area contributed by atoms with Gasteiger partial charge in [0.2, 0.25) is 0 Å². The van der Waals surface area contributed by atoms with E-state index in [2.05, 4.69) is 27.8 Å². The van der Waals surface area contributed by atoms with E-state index in [1.807, 2.05) is 54.9 Å². The zero-order valence-electron chi connectivity index (χ0n) is 13.5. The molecule has 1 heterocycles. The average Bonchev–Trinajstić information content (AvgIpc) is 3.10. The van der Waals surface area contributed by atoms with E-state index in [0.717, 1.165) is 28.4 Å². The van der Waals surface area contributed by atoms with Crippen LogP contribution in [0.3, 0.4) is 0 Å². The number of rotatable bonds is 6. The van der Waals surface area contributed by atoms with E-state index in [1.165, 1.54) is 0 Å². The van der Waals surface area contributed by atoms with Crippen molar-refractivity contribution in [2.45, 2.75) is 6.42 Å². The Morgan fingerprint density at radius 2 is 1.75 bits per heavy atom. The summed E-state index contributed by atoms with van der Waals surface area (Å²) in [6.07, 6.45) is 0.728. The smallest absolute Gasteiger partial charge is 0.251 e. The monoisotopic (exact) mass is 337 g/mol. The molecule has 3 rings (SSSR count). The van der Waals surface area contributed by atoms with Gasteiger partial charge in [-0.2, -0.15) is 0 Å². The molecule has 4 nitrogen and oxygen atoms in total. The molecule has 0 atom stereocenters. The van der Waals surface area contributed by atoms with Gasteiger partial charge in [-0.25, -0.2) is 4.98 Å². The number of benzene rings is 2. The molecule has 0 unspecified atom stereocenters. The number of hydrogen-bond donors (Lipinski definition) is 2. The Balaban J connectivity index is 1.55.